The molecule has 0 unspecified atom stereocenters. The molecule has 22 heavy (non-hydrogen) atoms. The minimum absolute atomic E-state index is 0.193. The zero-order valence-corrected chi connectivity index (χ0v) is 13.4. The molecular formula is C17H19NO3S. The lowest BCUT2D eigenvalue weighted by Gasteiger charge is -2.16. The molecule has 1 heterocycles. The predicted octanol–water partition coefficient (Wildman–Crippen LogP) is 3.64. The fourth-order valence-electron chi connectivity index (χ4n) is 2.25. The Bertz CT molecular complexity index is 649. The highest BCUT2D eigenvalue weighted by atomic mass is 32.1. The molecule has 0 radical (unpaired) electrons. The molecule has 0 aliphatic rings. The van der Waals surface area contributed by atoms with Crippen LogP contribution in [0.2, 0.25) is 0 Å². The van der Waals surface area contributed by atoms with Crippen molar-refractivity contribution >= 4 is 23.2 Å². The van der Waals surface area contributed by atoms with Gasteiger partial charge in [0, 0.05) is 5.56 Å². The molecule has 0 aliphatic heterocycles. The predicted molar refractivity (Wildman–Crippen MR) is 88.1 cm³/mol. The molecule has 0 aliphatic carbocycles. The first-order valence-corrected chi connectivity index (χ1v) is 8.03. The van der Waals surface area contributed by atoms with Crippen LogP contribution in [0.4, 0.5) is 0 Å². The molecule has 2 N–H and O–H groups in total. The van der Waals surface area contributed by atoms with E-state index in [4.69, 9.17) is 0 Å². The SMILES string of the molecule is CC(C)C[C@@H](NC(=O)c1sccc1-c1ccccc1)C(=O)O. The highest BCUT2D eigenvalue weighted by Crippen LogP contribution is 2.28. The van der Waals surface area contributed by atoms with Crippen molar-refractivity contribution in [3.63, 3.8) is 0 Å². The molecule has 1 atom stereocenters. The number of nitrogens with one attached hydrogen (secondary N) is 1. The van der Waals surface area contributed by atoms with Gasteiger partial charge in [-0.3, -0.25) is 4.79 Å². The topological polar surface area (TPSA) is 66.4 Å². The minimum Gasteiger partial charge on any atom is -0.480 e. The van der Waals surface area contributed by atoms with E-state index in [1.165, 1.54) is 11.3 Å². The molecule has 1 amide bonds. The molecule has 2 aromatic rings. The standard InChI is InChI=1S/C17H19NO3S/c1-11(2)10-14(17(20)21)18-16(19)15-13(8-9-22-15)12-6-4-3-5-7-12/h3-9,11,14H,10H2,1-2H3,(H,18,19)(H,20,21)/t14-/m1/s1. The van der Waals surface area contributed by atoms with Crippen molar-refractivity contribution in [2.45, 2.75) is 26.3 Å². The van der Waals surface area contributed by atoms with Gasteiger partial charge in [0.25, 0.3) is 5.91 Å². The number of hydrogen-bond donors (Lipinski definition) is 2. The summed E-state index contributed by atoms with van der Waals surface area (Å²) in [7, 11) is 0. The van der Waals surface area contributed by atoms with Crippen molar-refractivity contribution in [3.05, 3.63) is 46.7 Å². The third-order valence-electron chi connectivity index (χ3n) is 3.27. The molecule has 2 rings (SSSR count). The Kier molecular flexibility index (Phi) is 5.33. The molecular weight excluding hydrogens is 298 g/mol. The summed E-state index contributed by atoms with van der Waals surface area (Å²) in [6, 6.07) is 10.6. The van der Waals surface area contributed by atoms with E-state index in [-0.39, 0.29) is 11.8 Å². The zero-order valence-electron chi connectivity index (χ0n) is 12.6. The molecule has 0 saturated carbocycles. The van der Waals surface area contributed by atoms with Crippen molar-refractivity contribution in [2.75, 3.05) is 0 Å². The van der Waals surface area contributed by atoms with E-state index < -0.39 is 12.0 Å². The third-order valence-corrected chi connectivity index (χ3v) is 4.18. The van der Waals surface area contributed by atoms with E-state index in [0.717, 1.165) is 11.1 Å². The minimum atomic E-state index is -1.00. The van der Waals surface area contributed by atoms with Crippen LogP contribution >= 0.6 is 11.3 Å². The van der Waals surface area contributed by atoms with Crippen molar-refractivity contribution < 1.29 is 14.7 Å². The van der Waals surface area contributed by atoms with E-state index in [2.05, 4.69) is 5.32 Å². The van der Waals surface area contributed by atoms with Crippen LogP contribution in [-0.2, 0) is 4.79 Å². The molecule has 0 saturated heterocycles. The normalized spacial score (nSPS) is 12.1. The van der Waals surface area contributed by atoms with Gasteiger partial charge in [0.1, 0.15) is 6.04 Å². The average molecular weight is 317 g/mol. The van der Waals surface area contributed by atoms with E-state index in [1.807, 2.05) is 55.6 Å². The summed E-state index contributed by atoms with van der Waals surface area (Å²) in [6.07, 6.45) is 0.410. The Hall–Kier alpha value is -2.14. The molecule has 0 bridgehead atoms. The van der Waals surface area contributed by atoms with Crippen LogP contribution in [0.3, 0.4) is 0 Å². The van der Waals surface area contributed by atoms with Gasteiger partial charge in [0.05, 0.1) is 4.88 Å². The highest BCUT2D eigenvalue weighted by Gasteiger charge is 2.23. The monoisotopic (exact) mass is 317 g/mol. The van der Waals surface area contributed by atoms with Gasteiger partial charge in [0.15, 0.2) is 0 Å². The summed E-state index contributed by atoms with van der Waals surface area (Å²) in [4.78, 5) is 24.3. The maximum absolute atomic E-state index is 12.4. The lowest BCUT2D eigenvalue weighted by Crippen LogP contribution is -2.41. The average Bonchev–Trinajstić information content (AvgIpc) is 2.96. The zero-order chi connectivity index (χ0) is 16.1. The summed E-state index contributed by atoms with van der Waals surface area (Å²) in [5, 5.41) is 13.7. The van der Waals surface area contributed by atoms with Gasteiger partial charge in [-0.2, -0.15) is 0 Å². The molecule has 0 spiro atoms. The van der Waals surface area contributed by atoms with Crippen molar-refractivity contribution in [1.82, 2.24) is 5.32 Å². The smallest absolute Gasteiger partial charge is 0.326 e. The second-order valence-electron chi connectivity index (χ2n) is 5.52. The summed E-state index contributed by atoms with van der Waals surface area (Å²) in [5.41, 5.74) is 1.78. The Morgan fingerprint density at radius 1 is 1.18 bits per heavy atom. The Balaban J connectivity index is 2.20. The number of benzene rings is 1. The number of carboxylic acids is 1. The molecule has 4 nitrogen and oxygen atoms in total. The molecule has 0 fully saturated rings. The van der Waals surface area contributed by atoms with Gasteiger partial charge < -0.3 is 10.4 Å². The van der Waals surface area contributed by atoms with Crippen LogP contribution in [-0.4, -0.2) is 23.0 Å². The quantitative estimate of drug-likeness (QED) is 0.854. The Labute approximate surface area is 133 Å². The fourth-order valence-corrected chi connectivity index (χ4v) is 3.07. The Morgan fingerprint density at radius 3 is 2.45 bits per heavy atom. The van der Waals surface area contributed by atoms with Crippen LogP contribution in [0.1, 0.15) is 29.9 Å². The first-order valence-electron chi connectivity index (χ1n) is 7.15. The summed E-state index contributed by atoms with van der Waals surface area (Å²) in [5.74, 6) is -1.14. The number of hydrogen-bond acceptors (Lipinski definition) is 3. The molecule has 5 heteroatoms. The maximum atomic E-state index is 12.4. The maximum Gasteiger partial charge on any atom is 0.326 e. The van der Waals surface area contributed by atoms with E-state index >= 15 is 0 Å². The molecule has 116 valence electrons. The first-order chi connectivity index (χ1) is 10.5. The number of carbonyl (C=O) groups is 2. The van der Waals surface area contributed by atoms with Gasteiger partial charge in [-0.05, 0) is 29.3 Å². The highest BCUT2D eigenvalue weighted by molar-refractivity contribution is 7.12. The number of carbonyl (C=O) groups excluding carboxylic acids is 1. The number of amides is 1. The Morgan fingerprint density at radius 2 is 1.86 bits per heavy atom. The summed E-state index contributed by atoms with van der Waals surface area (Å²) < 4.78 is 0. The van der Waals surface area contributed by atoms with Gasteiger partial charge in [-0.15, -0.1) is 11.3 Å². The molecule has 1 aromatic heterocycles. The van der Waals surface area contributed by atoms with Crippen molar-refractivity contribution in [3.8, 4) is 11.1 Å². The largest absolute Gasteiger partial charge is 0.480 e. The lowest BCUT2D eigenvalue weighted by molar-refractivity contribution is -0.139. The fraction of sp³-hybridized carbons (Fsp3) is 0.294. The summed E-state index contributed by atoms with van der Waals surface area (Å²) in [6.45, 7) is 3.87. The third kappa shape index (κ3) is 3.95. The van der Waals surface area contributed by atoms with E-state index in [0.29, 0.717) is 11.3 Å². The van der Waals surface area contributed by atoms with Crippen LogP contribution in [0.5, 0.6) is 0 Å². The van der Waals surface area contributed by atoms with Gasteiger partial charge >= 0.3 is 5.97 Å². The number of rotatable bonds is 6. The van der Waals surface area contributed by atoms with Gasteiger partial charge in [-0.1, -0.05) is 44.2 Å². The van der Waals surface area contributed by atoms with E-state index in [1.54, 1.807) is 0 Å². The first kappa shape index (κ1) is 16.2. The van der Waals surface area contributed by atoms with Crippen LogP contribution in [0.25, 0.3) is 11.1 Å². The van der Waals surface area contributed by atoms with Crippen LogP contribution in [0.15, 0.2) is 41.8 Å². The second-order valence-corrected chi connectivity index (χ2v) is 6.44. The van der Waals surface area contributed by atoms with E-state index in [9.17, 15) is 14.7 Å². The van der Waals surface area contributed by atoms with Crippen molar-refractivity contribution in [2.24, 2.45) is 5.92 Å². The molecule has 1 aromatic carbocycles. The number of aliphatic carboxylic acids is 1. The van der Waals surface area contributed by atoms with Crippen LogP contribution < -0.4 is 5.32 Å². The van der Waals surface area contributed by atoms with Gasteiger partial charge in [0.2, 0.25) is 0 Å². The number of thiophene rings is 1. The van der Waals surface area contributed by atoms with Crippen LogP contribution in [0, 0.1) is 5.92 Å². The van der Waals surface area contributed by atoms with Crippen molar-refractivity contribution in [1.29, 1.82) is 0 Å². The summed E-state index contributed by atoms with van der Waals surface area (Å²) >= 11 is 1.32. The number of carboxylic acid groups (broad SMARTS) is 1. The second kappa shape index (κ2) is 7.22. The lowest BCUT2D eigenvalue weighted by atomic mass is 10.0. The van der Waals surface area contributed by atoms with Gasteiger partial charge in [-0.25, -0.2) is 4.79 Å².